The molecule has 5 rings (SSSR count). The molecule has 1 aromatic carbocycles. The molecule has 2 N–H and O–H groups in total. The molecule has 1 atom stereocenters. The molecule has 0 unspecified atom stereocenters. The Kier molecular flexibility index (Phi) is 6.55. The smallest absolute Gasteiger partial charge is 0.335 e. The summed E-state index contributed by atoms with van der Waals surface area (Å²) in [6.07, 6.45) is 6.52. The maximum absolute atomic E-state index is 13.2. The van der Waals surface area contributed by atoms with Gasteiger partial charge in [-0.2, -0.15) is 0 Å². The second-order valence-electron chi connectivity index (χ2n) is 9.98. The van der Waals surface area contributed by atoms with E-state index < -0.39 is 6.04 Å². The number of halogens is 1. The first kappa shape index (κ1) is 24.2. The first-order chi connectivity index (χ1) is 16.8. The Bertz CT molecular complexity index is 1280. The van der Waals surface area contributed by atoms with Gasteiger partial charge in [-0.1, -0.05) is 36.6 Å². The number of aromatic nitrogens is 2. The zero-order valence-corrected chi connectivity index (χ0v) is 21.7. The van der Waals surface area contributed by atoms with Crippen LogP contribution in [-0.2, 0) is 12.0 Å². The third-order valence-corrected chi connectivity index (χ3v) is 8.79. The Balaban J connectivity index is 1.41. The van der Waals surface area contributed by atoms with Crippen molar-refractivity contribution in [3.8, 4) is 11.6 Å². The molecule has 1 amide bonds. The summed E-state index contributed by atoms with van der Waals surface area (Å²) >= 11 is 7.16. The summed E-state index contributed by atoms with van der Waals surface area (Å²) in [7, 11) is 4.22. The van der Waals surface area contributed by atoms with Gasteiger partial charge in [-0.3, -0.25) is 9.36 Å². The molecule has 1 aliphatic heterocycles. The van der Waals surface area contributed by atoms with Crippen LogP contribution in [0, 0.1) is 0 Å². The van der Waals surface area contributed by atoms with E-state index >= 15 is 0 Å². The van der Waals surface area contributed by atoms with Crippen LogP contribution in [0.2, 0.25) is 4.34 Å². The van der Waals surface area contributed by atoms with Crippen LogP contribution in [0.5, 0.6) is 5.88 Å². The molecule has 3 heterocycles. The molecular weight excluding hydrogens is 484 g/mol. The van der Waals surface area contributed by atoms with E-state index in [1.807, 2.05) is 12.1 Å². The van der Waals surface area contributed by atoms with Gasteiger partial charge in [0, 0.05) is 6.54 Å². The van der Waals surface area contributed by atoms with Gasteiger partial charge in [0.1, 0.15) is 5.69 Å². The molecule has 1 aliphatic carbocycles. The number of hydrogen-bond acceptors (Lipinski definition) is 5. The normalized spacial score (nSPS) is 18.8. The lowest BCUT2D eigenvalue weighted by molar-refractivity contribution is 0.0940. The Hall–Kier alpha value is -2.55. The Morgan fingerprint density at radius 3 is 2.54 bits per heavy atom. The Labute approximate surface area is 213 Å². The fourth-order valence-corrected chi connectivity index (χ4v) is 6.63. The van der Waals surface area contributed by atoms with E-state index in [0.29, 0.717) is 33.6 Å². The van der Waals surface area contributed by atoms with E-state index in [1.165, 1.54) is 47.2 Å². The van der Waals surface area contributed by atoms with Crippen LogP contribution in [0.1, 0.15) is 65.5 Å². The number of amides is 1. The highest BCUT2D eigenvalue weighted by Gasteiger charge is 2.36. The number of fused-ring (bicyclic) bond motifs is 1. The highest BCUT2D eigenvalue weighted by atomic mass is 35.5. The summed E-state index contributed by atoms with van der Waals surface area (Å²) in [6, 6.07) is 11.0. The minimum Gasteiger partial charge on any atom is -0.493 e. The van der Waals surface area contributed by atoms with Crippen LogP contribution in [0.3, 0.4) is 0 Å². The second kappa shape index (κ2) is 9.48. The summed E-state index contributed by atoms with van der Waals surface area (Å²) in [5.74, 6) is -0.373. The number of carbonyl (C=O) groups is 1. The van der Waals surface area contributed by atoms with Crippen molar-refractivity contribution >= 4 is 28.8 Å². The average Bonchev–Trinajstić information content (AvgIpc) is 3.61. The summed E-state index contributed by atoms with van der Waals surface area (Å²) in [6.45, 7) is 1.48. The molecule has 35 heavy (non-hydrogen) atoms. The van der Waals surface area contributed by atoms with Gasteiger partial charge in [0.2, 0.25) is 5.88 Å². The number of carbonyl (C=O) groups excluding carboxylic acids is 1. The predicted molar refractivity (Wildman–Crippen MR) is 139 cm³/mol. The van der Waals surface area contributed by atoms with Crippen molar-refractivity contribution in [2.45, 2.75) is 56.5 Å². The molecule has 0 saturated heterocycles. The van der Waals surface area contributed by atoms with Crippen molar-refractivity contribution in [3.63, 3.8) is 0 Å². The number of nitrogens with zero attached hydrogens (tertiary/aromatic N) is 3. The fraction of sp³-hybridized carbons (Fsp3) is 0.462. The van der Waals surface area contributed by atoms with Crippen LogP contribution in [0.25, 0.3) is 5.69 Å². The topological polar surface area (TPSA) is 79.5 Å². The van der Waals surface area contributed by atoms with Gasteiger partial charge in [0.05, 0.1) is 20.9 Å². The van der Waals surface area contributed by atoms with Crippen molar-refractivity contribution in [2.75, 3.05) is 20.6 Å². The lowest BCUT2D eigenvalue weighted by Crippen LogP contribution is -2.28. The third-order valence-electron chi connectivity index (χ3n) is 7.56. The predicted octanol–water partition coefficient (Wildman–Crippen LogP) is 4.70. The molecule has 7 nitrogen and oxygen atoms in total. The summed E-state index contributed by atoms with van der Waals surface area (Å²) in [4.78, 5) is 28.6. The molecule has 2 aromatic heterocycles. The maximum Gasteiger partial charge on any atom is 0.335 e. The van der Waals surface area contributed by atoms with Gasteiger partial charge >= 0.3 is 5.69 Å². The van der Waals surface area contributed by atoms with Crippen LogP contribution in [-0.4, -0.2) is 45.7 Å². The summed E-state index contributed by atoms with van der Waals surface area (Å²) < 4.78 is 3.45. The van der Waals surface area contributed by atoms with Gasteiger partial charge in [-0.15, -0.1) is 11.3 Å². The van der Waals surface area contributed by atoms with E-state index in [0.717, 1.165) is 13.0 Å². The third kappa shape index (κ3) is 4.43. The number of nitrogens with one attached hydrogen (secondary N) is 1. The van der Waals surface area contributed by atoms with Gasteiger partial charge in [0.25, 0.3) is 5.91 Å². The van der Waals surface area contributed by atoms with Crippen LogP contribution in [0.15, 0.2) is 41.2 Å². The number of imidazole rings is 1. The number of aromatic hydroxyl groups is 1. The molecule has 0 radical (unpaired) electrons. The molecule has 3 aromatic rings. The van der Waals surface area contributed by atoms with Crippen molar-refractivity contribution in [1.82, 2.24) is 19.4 Å². The van der Waals surface area contributed by atoms with E-state index in [1.54, 1.807) is 16.7 Å². The van der Waals surface area contributed by atoms with E-state index in [9.17, 15) is 14.7 Å². The van der Waals surface area contributed by atoms with Crippen molar-refractivity contribution in [3.05, 3.63) is 67.4 Å². The van der Waals surface area contributed by atoms with E-state index in [2.05, 4.69) is 36.4 Å². The number of thiophene rings is 1. The standard InChI is InChI=1S/C26H31ClN4O3S/c1-29(2)16-14-26(12-3-4-13-26)17-5-7-18(8-6-17)31-24(33)22-19(11-15-30(22)25(31)34)28-23(32)20-9-10-21(27)35-20/h5-10,19,33H,3-4,11-16H2,1-2H3,(H,28,32)/t19-/m1/s1. The number of rotatable bonds is 7. The Morgan fingerprint density at radius 1 is 1.20 bits per heavy atom. The largest absolute Gasteiger partial charge is 0.493 e. The van der Waals surface area contributed by atoms with Crippen LogP contribution < -0.4 is 11.0 Å². The molecule has 0 spiro atoms. The van der Waals surface area contributed by atoms with E-state index in [4.69, 9.17) is 11.6 Å². The molecule has 9 heteroatoms. The monoisotopic (exact) mass is 514 g/mol. The van der Waals surface area contributed by atoms with Gasteiger partial charge in [-0.25, -0.2) is 9.36 Å². The lowest BCUT2D eigenvalue weighted by Gasteiger charge is -2.31. The molecule has 1 saturated carbocycles. The highest BCUT2D eigenvalue weighted by Crippen LogP contribution is 2.44. The average molecular weight is 515 g/mol. The molecule has 186 valence electrons. The zero-order valence-electron chi connectivity index (χ0n) is 20.1. The minimum absolute atomic E-state index is 0.113. The van der Waals surface area contributed by atoms with Crippen LogP contribution >= 0.6 is 22.9 Å². The zero-order chi connectivity index (χ0) is 24.7. The molecule has 2 aliphatic rings. The fourth-order valence-electron chi connectivity index (χ4n) is 5.68. The molecule has 0 bridgehead atoms. The lowest BCUT2D eigenvalue weighted by atomic mass is 9.76. The highest BCUT2D eigenvalue weighted by molar-refractivity contribution is 7.18. The number of hydrogen-bond donors (Lipinski definition) is 2. The quantitative estimate of drug-likeness (QED) is 0.479. The number of benzene rings is 1. The molecular formula is C26H31ClN4O3S. The van der Waals surface area contributed by atoms with Crippen LogP contribution in [0.4, 0.5) is 0 Å². The summed E-state index contributed by atoms with van der Waals surface area (Å²) in [5.41, 5.74) is 2.28. The van der Waals surface area contributed by atoms with Gasteiger partial charge in [-0.05, 0) is 81.6 Å². The van der Waals surface area contributed by atoms with E-state index in [-0.39, 0.29) is 22.9 Å². The van der Waals surface area contributed by atoms with Crippen molar-refractivity contribution < 1.29 is 9.90 Å². The first-order valence-electron chi connectivity index (χ1n) is 12.2. The molecule has 1 fully saturated rings. The summed E-state index contributed by atoms with van der Waals surface area (Å²) in [5, 5.41) is 14.0. The van der Waals surface area contributed by atoms with Gasteiger partial charge < -0.3 is 15.3 Å². The van der Waals surface area contributed by atoms with Crippen molar-refractivity contribution in [2.24, 2.45) is 0 Å². The second-order valence-corrected chi connectivity index (χ2v) is 11.7. The first-order valence-corrected chi connectivity index (χ1v) is 13.3. The van der Waals surface area contributed by atoms with Gasteiger partial charge in [0.15, 0.2) is 0 Å². The maximum atomic E-state index is 13.2. The SMILES string of the molecule is CN(C)CCC1(c2ccc(-n3c(O)c4n(c3=O)CC[C@H]4NC(=O)c3ccc(Cl)s3)cc2)CCCC1. The van der Waals surface area contributed by atoms with Crippen molar-refractivity contribution in [1.29, 1.82) is 0 Å². The minimum atomic E-state index is -0.440. The Morgan fingerprint density at radius 2 is 1.91 bits per heavy atom.